The topological polar surface area (TPSA) is 92.8 Å². The number of likely N-dealkylation sites (tertiary alicyclic amines) is 1. The highest BCUT2D eigenvalue weighted by Crippen LogP contribution is 2.65. The number of esters is 1. The first-order valence-corrected chi connectivity index (χ1v) is 11.5. The summed E-state index contributed by atoms with van der Waals surface area (Å²) in [6, 6.07) is 4.15. The van der Waals surface area contributed by atoms with Crippen molar-refractivity contribution in [3.05, 3.63) is 42.2 Å². The van der Waals surface area contributed by atoms with Gasteiger partial charge in [-0.3, -0.25) is 19.3 Å². The van der Waals surface area contributed by atoms with Crippen molar-refractivity contribution in [2.24, 2.45) is 41.4 Å². The Morgan fingerprint density at radius 3 is 2.18 bits per heavy atom. The van der Waals surface area contributed by atoms with Crippen LogP contribution in [0, 0.1) is 47.2 Å². The molecule has 0 radical (unpaired) electrons. The molecule has 7 nitrogen and oxygen atoms in total. The number of ether oxygens (including phenoxy) is 1. The molecule has 1 aromatic rings. The molecule has 1 aromatic carbocycles. The van der Waals surface area contributed by atoms with Crippen LogP contribution in [-0.2, 0) is 23.9 Å². The lowest BCUT2D eigenvalue weighted by Gasteiger charge is -2.37. The summed E-state index contributed by atoms with van der Waals surface area (Å²) in [7, 11) is 0. The van der Waals surface area contributed by atoms with Gasteiger partial charge in [0.1, 0.15) is 11.9 Å². The first-order chi connectivity index (χ1) is 15.8. The molecular formula is C25H27FN2O5. The number of imide groups is 1. The van der Waals surface area contributed by atoms with Gasteiger partial charge in [0.05, 0.1) is 11.8 Å². The van der Waals surface area contributed by atoms with Crippen LogP contribution in [0.15, 0.2) is 36.4 Å². The number of nitrogens with zero attached hydrogens (tertiary/aromatic N) is 1. The van der Waals surface area contributed by atoms with Crippen LogP contribution in [0.5, 0.6) is 0 Å². The Kier molecular flexibility index (Phi) is 5.34. The zero-order chi connectivity index (χ0) is 23.4. The lowest BCUT2D eigenvalue weighted by Crippen LogP contribution is -2.47. The number of carbonyl (C=O) groups is 4. The minimum atomic E-state index is -1.05. The van der Waals surface area contributed by atoms with Crippen molar-refractivity contribution in [2.45, 2.75) is 32.7 Å². The highest BCUT2D eigenvalue weighted by Gasteiger charge is 2.68. The summed E-state index contributed by atoms with van der Waals surface area (Å²) in [5, 5.41) is 2.52. The van der Waals surface area contributed by atoms with Gasteiger partial charge in [-0.1, -0.05) is 26.0 Å². The highest BCUT2D eigenvalue weighted by molar-refractivity contribution is 6.09. The van der Waals surface area contributed by atoms with Crippen LogP contribution < -0.4 is 5.32 Å². The van der Waals surface area contributed by atoms with Crippen molar-refractivity contribution in [1.82, 2.24) is 4.90 Å². The van der Waals surface area contributed by atoms with Gasteiger partial charge >= 0.3 is 5.97 Å². The quantitative estimate of drug-likeness (QED) is 0.389. The largest absolute Gasteiger partial charge is 0.454 e. The van der Waals surface area contributed by atoms with E-state index in [1.165, 1.54) is 24.3 Å². The SMILES string of the molecule is CC(C)C[C@H](C(=O)OCC(=O)Nc1ccc(F)cc1)N1C(=O)[C@@H]2[C@H]3C=C[C@@H]([C@@H]4C[C@@H]34)[C@@H]2C1=O. The minimum absolute atomic E-state index is 0.0297. The number of anilines is 1. The third kappa shape index (κ3) is 3.75. The molecule has 7 atom stereocenters. The van der Waals surface area contributed by atoms with Gasteiger partial charge in [-0.15, -0.1) is 0 Å². The molecule has 0 spiro atoms. The smallest absolute Gasteiger partial charge is 0.329 e. The van der Waals surface area contributed by atoms with Crippen molar-refractivity contribution in [3.8, 4) is 0 Å². The molecule has 3 fully saturated rings. The van der Waals surface area contributed by atoms with Crippen LogP contribution in [0.1, 0.15) is 26.7 Å². The van der Waals surface area contributed by atoms with E-state index in [1.54, 1.807) is 0 Å². The first kappa shape index (κ1) is 21.8. The van der Waals surface area contributed by atoms with E-state index in [0.29, 0.717) is 17.5 Å². The van der Waals surface area contributed by atoms with E-state index < -0.39 is 30.3 Å². The molecule has 1 saturated heterocycles. The number of rotatable bonds is 7. The normalized spacial score (nSPS) is 31.9. The summed E-state index contributed by atoms with van der Waals surface area (Å²) in [5.41, 5.74) is 0.367. The number of allylic oxidation sites excluding steroid dienone is 2. The Balaban J connectivity index is 1.28. The molecular weight excluding hydrogens is 427 g/mol. The number of hydrogen-bond donors (Lipinski definition) is 1. The Hall–Kier alpha value is -3.03. The van der Waals surface area contributed by atoms with Crippen molar-refractivity contribution in [3.63, 3.8) is 0 Å². The molecule has 6 rings (SSSR count). The zero-order valence-electron chi connectivity index (χ0n) is 18.6. The van der Waals surface area contributed by atoms with Gasteiger partial charge < -0.3 is 10.1 Å². The van der Waals surface area contributed by atoms with E-state index in [4.69, 9.17) is 4.74 Å². The van der Waals surface area contributed by atoms with Gasteiger partial charge in [0.15, 0.2) is 6.61 Å². The standard InChI is InChI=1S/C25H27FN2O5/c1-12(2)9-19(25(32)33-11-20(29)27-14-5-3-13(26)4-6-14)28-23(30)21-15-7-8-16(18-10-17(15)18)22(21)24(28)31/h3-8,12,15-19,21-22H,9-11H2,1-2H3,(H,27,29)/t15-,16-,17-,18-,19+,21-,22+/m0/s1. The zero-order valence-corrected chi connectivity index (χ0v) is 18.6. The minimum Gasteiger partial charge on any atom is -0.454 e. The molecule has 1 N–H and O–H groups in total. The molecule has 0 aromatic heterocycles. The number of amides is 3. The van der Waals surface area contributed by atoms with Gasteiger partial charge in [0, 0.05) is 5.69 Å². The molecule has 2 bridgehead atoms. The summed E-state index contributed by atoms with van der Waals surface area (Å²) in [6.45, 7) is 3.24. The molecule has 1 aliphatic heterocycles. The second-order valence-electron chi connectivity index (χ2n) is 10.0. The third-order valence-electron chi connectivity index (χ3n) is 7.45. The maximum atomic E-state index is 13.4. The van der Waals surface area contributed by atoms with E-state index in [2.05, 4.69) is 17.5 Å². The van der Waals surface area contributed by atoms with Gasteiger partial charge in [-0.25, -0.2) is 9.18 Å². The van der Waals surface area contributed by atoms with Crippen LogP contribution in [0.25, 0.3) is 0 Å². The van der Waals surface area contributed by atoms with Gasteiger partial charge in [0.2, 0.25) is 11.8 Å². The van der Waals surface area contributed by atoms with Gasteiger partial charge in [0.25, 0.3) is 5.91 Å². The molecule has 0 unspecified atom stereocenters. The molecule has 33 heavy (non-hydrogen) atoms. The van der Waals surface area contributed by atoms with E-state index in [-0.39, 0.29) is 47.8 Å². The number of carbonyl (C=O) groups excluding carboxylic acids is 4. The predicted molar refractivity (Wildman–Crippen MR) is 116 cm³/mol. The number of halogens is 1. The number of hydrogen-bond acceptors (Lipinski definition) is 5. The summed E-state index contributed by atoms with van der Waals surface area (Å²) < 4.78 is 18.3. The second-order valence-corrected chi connectivity index (χ2v) is 10.0. The Bertz CT molecular complexity index is 1000. The molecule has 8 heteroatoms. The molecule has 174 valence electrons. The Morgan fingerprint density at radius 2 is 1.64 bits per heavy atom. The second kappa shape index (κ2) is 8.08. The average molecular weight is 454 g/mol. The van der Waals surface area contributed by atoms with Crippen LogP contribution in [0.4, 0.5) is 10.1 Å². The molecule has 3 amide bonds. The van der Waals surface area contributed by atoms with E-state index in [1.807, 2.05) is 13.8 Å². The van der Waals surface area contributed by atoms with Crippen molar-refractivity contribution >= 4 is 29.4 Å². The maximum absolute atomic E-state index is 13.4. The number of benzene rings is 1. The highest BCUT2D eigenvalue weighted by atomic mass is 19.1. The molecule has 4 aliphatic carbocycles. The van der Waals surface area contributed by atoms with Gasteiger partial charge in [-0.05, 0) is 66.7 Å². The van der Waals surface area contributed by atoms with Crippen LogP contribution >= 0.6 is 0 Å². The van der Waals surface area contributed by atoms with E-state index in [9.17, 15) is 23.6 Å². The van der Waals surface area contributed by atoms with E-state index >= 15 is 0 Å². The summed E-state index contributed by atoms with van der Waals surface area (Å²) in [6.07, 6.45) is 5.51. The fourth-order valence-corrected chi connectivity index (χ4v) is 6.00. The lowest BCUT2D eigenvalue weighted by molar-refractivity contribution is -0.160. The lowest BCUT2D eigenvalue weighted by atomic mass is 9.63. The molecule has 5 aliphatic rings. The maximum Gasteiger partial charge on any atom is 0.329 e. The predicted octanol–water partition coefficient (Wildman–Crippen LogP) is 2.78. The van der Waals surface area contributed by atoms with Crippen molar-refractivity contribution in [1.29, 1.82) is 0 Å². The number of nitrogens with one attached hydrogen (secondary N) is 1. The first-order valence-electron chi connectivity index (χ1n) is 11.5. The summed E-state index contributed by atoms with van der Waals surface area (Å²) >= 11 is 0. The Labute approximate surface area is 191 Å². The monoisotopic (exact) mass is 454 g/mol. The third-order valence-corrected chi connectivity index (χ3v) is 7.45. The molecule has 1 heterocycles. The van der Waals surface area contributed by atoms with Crippen molar-refractivity contribution in [2.75, 3.05) is 11.9 Å². The van der Waals surface area contributed by atoms with Crippen LogP contribution in [0.3, 0.4) is 0 Å². The fraction of sp³-hybridized carbons (Fsp3) is 0.520. The summed E-state index contributed by atoms with van der Waals surface area (Å²) in [4.78, 5) is 53.1. The van der Waals surface area contributed by atoms with Crippen LogP contribution in [-0.4, -0.2) is 41.2 Å². The summed E-state index contributed by atoms with van der Waals surface area (Å²) in [5.74, 6) is -2.00. The average Bonchev–Trinajstić information content (AvgIpc) is 3.56. The van der Waals surface area contributed by atoms with Crippen LogP contribution in [0.2, 0.25) is 0 Å². The molecule has 2 saturated carbocycles. The van der Waals surface area contributed by atoms with Gasteiger partial charge in [-0.2, -0.15) is 0 Å². The van der Waals surface area contributed by atoms with Crippen molar-refractivity contribution < 1.29 is 28.3 Å². The Morgan fingerprint density at radius 1 is 1.06 bits per heavy atom. The fourth-order valence-electron chi connectivity index (χ4n) is 6.00. The van der Waals surface area contributed by atoms with E-state index in [0.717, 1.165) is 11.3 Å².